The monoisotopic (exact) mass is 476 g/mol. The Morgan fingerprint density at radius 2 is 1.85 bits per heavy atom. The number of nitrogens with one attached hydrogen (secondary N) is 1. The maximum atomic E-state index is 12.9. The minimum Gasteiger partial charge on any atom is -0.436 e. The molecule has 1 saturated heterocycles. The molecule has 1 amide bonds. The average molecular weight is 477 g/mol. The van der Waals surface area contributed by atoms with Gasteiger partial charge in [-0.3, -0.25) is 14.9 Å². The molecular formula is C25H21ClN4O4. The van der Waals surface area contributed by atoms with Crippen LogP contribution in [-0.4, -0.2) is 28.9 Å². The summed E-state index contributed by atoms with van der Waals surface area (Å²) < 4.78 is 5.80. The lowest BCUT2D eigenvalue weighted by molar-refractivity contribution is -0.384. The van der Waals surface area contributed by atoms with Crippen molar-refractivity contribution in [2.45, 2.75) is 19.3 Å². The number of nitrogens with zero attached hydrogens (tertiary/aromatic N) is 3. The highest BCUT2D eigenvalue weighted by molar-refractivity contribution is 6.33. The molecule has 2 heterocycles. The molecule has 0 aliphatic carbocycles. The maximum absolute atomic E-state index is 12.9. The number of carbonyl (C=O) groups excluding carboxylic acids is 1. The highest BCUT2D eigenvalue weighted by atomic mass is 35.5. The molecular weight excluding hydrogens is 456 g/mol. The number of hydrogen-bond donors (Lipinski definition) is 1. The molecule has 172 valence electrons. The maximum Gasteiger partial charge on any atom is 0.293 e. The van der Waals surface area contributed by atoms with Crippen molar-refractivity contribution in [2.24, 2.45) is 0 Å². The van der Waals surface area contributed by atoms with Crippen LogP contribution in [0.15, 0.2) is 65.1 Å². The molecule has 1 fully saturated rings. The summed E-state index contributed by atoms with van der Waals surface area (Å²) in [7, 11) is 0. The second-order valence-corrected chi connectivity index (χ2v) is 8.55. The first-order valence-corrected chi connectivity index (χ1v) is 11.4. The van der Waals surface area contributed by atoms with E-state index in [0.29, 0.717) is 39.0 Å². The summed E-state index contributed by atoms with van der Waals surface area (Å²) >= 11 is 6.37. The van der Waals surface area contributed by atoms with Gasteiger partial charge >= 0.3 is 0 Å². The zero-order valence-corrected chi connectivity index (χ0v) is 18.9. The van der Waals surface area contributed by atoms with E-state index in [1.807, 2.05) is 29.2 Å². The van der Waals surface area contributed by atoms with Crippen LogP contribution in [-0.2, 0) is 0 Å². The number of nitro groups is 1. The number of piperidine rings is 1. The van der Waals surface area contributed by atoms with Crippen LogP contribution in [0.5, 0.6) is 0 Å². The Labute approximate surface area is 200 Å². The first-order chi connectivity index (χ1) is 16.5. The molecule has 0 radical (unpaired) electrons. The minimum absolute atomic E-state index is 0.0715. The van der Waals surface area contributed by atoms with Crippen molar-refractivity contribution in [3.8, 4) is 11.5 Å². The van der Waals surface area contributed by atoms with Gasteiger partial charge in [0.15, 0.2) is 5.58 Å². The van der Waals surface area contributed by atoms with Crippen LogP contribution >= 0.6 is 11.6 Å². The molecule has 1 aromatic heterocycles. The Hall–Kier alpha value is -3.91. The van der Waals surface area contributed by atoms with Gasteiger partial charge in [-0.05, 0) is 61.7 Å². The third-order valence-corrected chi connectivity index (χ3v) is 6.21. The van der Waals surface area contributed by atoms with Crippen LogP contribution in [0.4, 0.5) is 17.1 Å². The number of hydrogen-bond acceptors (Lipinski definition) is 6. The van der Waals surface area contributed by atoms with Gasteiger partial charge in [0.1, 0.15) is 11.2 Å². The summed E-state index contributed by atoms with van der Waals surface area (Å²) in [6, 6.07) is 16.9. The molecule has 0 unspecified atom stereocenters. The predicted octanol–water partition coefficient (Wildman–Crippen LogP) is 6.30. The van der Waals surface area contributed by atoms with Crippen LogP contribution < -0.4 is 10.2 Å². The van der Waals surface area contributed by atoms with Gasteiger partial charge in [0, 0.05) is 30.4 Å². The fourth-order valence-electron chi connectivity index (χ4n) is 4.17. The van der Waals surface area contributed by atoms with Crippen molar-refractivity contribution in [3.05, 3.63) is 81.4 Å². The highest BCUT2D eigenvalue weighted by Crippen LogP contribution is 2.34. The summed E-state index contributed by atoms with van der Waals surface area (Å²) in [4.78, 5) is 30.7. The van der Waals surface area contributed by atoms with Crippen molar-refractivity contribution >= 4 is 45.7 Å². The van der Waals surface area contributed by atoms with E-state index in [4.69, 9.17) is 16.0 Å². The van der Waals surface area contributed by atoms with Crippen molar-refractivity contribution in [2.75, 3.05) is 23.3 Å². The molecule has 9 heteroatoms. The first-order valence-electron chi connectivity index (χ1n) is 11.0. The number of para-hydroxylation sites is 2. The second-order valence-electron chi connectivity index (χ2n) is 8.14. The topological polar surface area (TPSA) is 102 Å². The number of rotatable bonds is 5. The fraction of sp³-hybridized carbons (Fsp3) is 0.200. The van der Waals surface area contributed by atoms with E-state index in [-0.39, 0.29) is 11.3 Å². The molecule has 1 aliphatic heterocycles. The van der Waals surface area contributed by atoms with E-state index in [2.05, 4.69) is 10.3 Å². The highest BCUT2D eigenvalue weighted by Gasteiger charge is 2.23. The third kappa shape index (κ3) is 4.32. The van der Waals surface area contributed by atoms with E-state index < -0.39 is 10.8 Å². The number of carbonyl (C=O) groups is 1. The first kappa shape index (κ1) is 21.9. The van der Waals surface area contributed by atoms with Crippen molar-refractivity contribution in [1.82, 2.24) is 4.98 Å². The van der Waals surface area contributed by atoms with E-state index in [1.54, 1.807) is 30.3 Å². The van der Waals surface area contributed by atoms with E-state index in [9.17, 15) is 14.9 Å². The summed E-state index contributed by atoms with van der Waals surface area (Å²) in [5.74, 6) is -0.122. The Kier molecular flexibility index (Phi) is 5.90. The van der Waals surface area contributed by atoms with Crippen LogP contribution in [0.2, 0.25) is 5.02 Å². The normalized spacial score (nSPS) is 13.7. The summed E-state index contributed by atoms with van der Waals surface area (Å²) in [6.07, 6.45) is 3.12. The van der Waals surface area contributed by atoms with Gasteiger partial charge in [-0.25, -0.2) is 4.98 Å². The number of anilines is 2. The van der Waals surface area contributed by atoms with E-state index >= 15 is 0 Å². The smallest absolute Gasteiger partial charge is 0.293 e. The standard InChI is InChI=1S/C25H21ClN4O4/c26-19-10-9-17(15-18(19)25-28-20-6-2-3-7-23(20)34-25)27-24(31)16-8-11-21(22(14-16)30(32)33)29-12-4-1-5-13-29/h2-3,6-11,14-15H,1,4-5,12-13H2,(H,27,31). The number of amides is 1. The number of benzene rings is 3. The van der Waals surface area contributed by atoms with Crippen LogP contribution in [0.3, 0.4) is 0 Å². The van der Waals surface area contributed by atoms with E-state index in [0.717, 1.165) is 32.4 Å². The van der Waals surface area contributed by atoms with E-state index in [1.165, 1.54) is 6.07 Å². The zero-order chi connectivity index (χ0) is 23.7. The quantitative estimate of drug-likeness (QED) is 0.268. The molecule has 1 aliphatic rings. The number of nitro benzene ring substituents is 1. The SMILES string of the molecule is O=C(Nc1ccc(Cl)c(-c2nc3ccccc3o2)c1)c1ccc(N2CCCCC2)c([N+](=O)[O-])c1. The number of fused-ring (bicyclic) bond motifs is 1. The summed E-state index contributed by atoms with van der Waals surface area (Å²) in [5.41, 5.74) is 3.00. The third-order valence-electron chi connectivity index (χ3n) is 5.88. The molecule has 4 aromatic rings. The summed E-state index contributed by atoms with van der Waals surface area (Å²) in [5, 5.41) is 14.9. The molecule has 5 rings (SSSR count). The van der Waals surface area contributed by atoms with Crippen LogP contribution in [0, 0.1) is 10.1 Å². The Balaban J connectivity index is 1.41. The Bertz CT molecular complexity index is 1360. The van der Waals surface area contributed by atoms with Gasteiger partial charge in [0.25, 0.3) is 11.6 Å². The van der Waals surface area contributed by atoms with Crippen molar-refractivity contribution in [1.29, 1.82) is 0 Å². The lowest BCUT2D eigenvalue weighted by Gasteiger charge is -2.28. The Morgan fingerprint density at radius 1 is 1.06 bits per heavy atom. The molecule has 0 spiro atoms. The van der Waals surface area contributed by atoms with Crippen molar-refractivity contribution < 1.29 is 14.1 Å². The minimum atomic E-state index is -0.459. The largest absolute Gasteiger partial charge is 0.436 e. The van der Waals surface area contributed by atoms with Gasteiger partial charge < -0.3 is 14.6 Å². The fourth-order valence-corrected chi connectivity index (χ4v) is 4.37. The predicted molar refractivity (Wildman–Crippen MR) is 132 cm³/mol. The Morgan fingerprint density at radius 3 is 2.62 bits per heavy atom. The van der Waals surface area contributed by atoms with Gasteiger partial charge in [0.05, 0.1) is 15.5 Å². The second kappa shape index (κ2) is 9.15. The molecule has 34 heavy (non-hydrogen) atoms. The number of oxazole rings is 1. The van der Waals surface area contributed by atoms with Crippen molar-refractivity contribution in [3.63, 3.8) is 0 Å². The van der Waals surface area contributed by atoms with Crippen LogP contribution in [0.25, 0.3) is 22.6 Å². The number of aromatic nitrogens is 1. The van der Waals surface area contributed by atoms with Gasteiger partial charge in [-0.2, -0.15) is 0 Å². The lowest BCUT2D eigenvalue weighted by atomic mass is 10.1. The molecule has 3 aromatic carbocycles. The molecule has 0 atom stereocenters. The van der Waals surface area contributed by atoms with Crippen LogP contribution in [0.1, 0.15) is 29.6 Å². The summed E-state index contributed by atoms with van der Waals surface area (Å²) in [6.45, 7) is 1.55. The zero-order valence-electron chi connectivity index (χ0n) is 18.2. The molecule has 0 saturated carbocycles. The van der Waals surface area contributed by atoms with Gasteiger partial charge in [-0.15, -0.1) is 0 Å². The number of halogens is 1. The molecule has 1 N–H and O–H groups in total. The average Bonchev–Trinajstić information content (AvgIpc) is 3.29. The van der Waals surface area contributed by atoms with Gasteiger partial charge in [-0.1, -0.05) is 23.7 Å². The molecule has 0 bridgehead atoms. The lowest BCUT2D eigenvalue weighted by Crippen LogP contribution is -2.30. The van der Waals surface area contributed by atoms with Gasteiger partial charge in [0.2, 0.25) is 5.89 Å². The molecule has 8 nitrogen and oxygen atoms in total.